The molecule has 1 nitrogen and oxygen atoms in total. The van der Waals surface area contributed by atoms with Crippen molar-refractivity contribution in [3.63, 3.8) is 0 Å². The fourth-order valence-electron chi connectivity index (χ4n) is 3.91. The molecule has 4 heteroatoms. The Kier molecular flexibility index (Phi) is 7.17. The van der Waals surface area contributed by atoms with Crippen LogP contribution >= 0.6 is 0 Å². The van der Waals surface area contributed by atoms with E-state index in [1.165, 1.54) is 6.07 Å². The van der Waals surface area contributed by atoms with Gasteiger partial charge in [0.15, 0.2) is 11.6 Å². The summed E-state index contributed by atoms with van der Waals surface area (Å²) in [5.41, 5.74) is 4.10. The van der Waals surface area contributed by atoms with Crippen LogP contribution in [0, 0.1) is 17.5 Å². The number of benzene rings is 4. The van der Waals surface area contributed by atoms with Crippen LogP contribution in [0.2, 0.25) is 0 Å². The third-order valence-corrected chi connectivity index (χ3v) is 5.82. The van der Waals surface area contributed by atoms with E-state index in [9.17, 15) is 13.2 Å². The Morgan fingerprint density at radius 2 is 1.32 bits per heavy atom. The maximum absolute atomic E-state index is 14.9. The molecule has 4 aromatic carbocycles. The van der Waals surface area contributed by atoms with E-state index in [2.05, 4.69) is 6.58 Å². The quantitative estimate of drug-likeness (QED) is 0.258. The predicted octanol–water partition coefficient (Wildman–Crippen LogP) is 8.26. The lowest BCUT2D eigenvalue weighted by atomic mass is 9.96. The molecular weight excluding hydrogens is 433 g/mol. The van der Waals surface area contributed by atoms with Gasteiger partial charge in [-0.3, -0.25) is 0 Å². The Labute approximate surface area is 198 Å². The number of rotatable bonds is 8. The molecule has 0 aliphatic carbocycles. The Morgan fingerprint density at radius 1 is 0.735 bits per heavy atom. The van der Waals surface area contributed by atoms with Gasteiger partial charge in [-0.25, -0.2) is 13.2 Å². The van der Waals surface area contributed by atoms with Gasteiger partial charge >= 0.3 is 0 Å². The molecule has 0 aromatic heterocycles. The van der Waals surface area contributed by atoms with Gasteiger partial charge in [0.1, 0.15) is 11.6 Å². The van der Waals surface area contributed by atoms with Crippen molar-refractivity contribution in [3.8, 4) is 28.0 Å². The highest BCUT2D eigenvalue weighted by molar-refractivity contribution is 5.72. The minimum Gasteiger partial charge on any atom is -0.494 e. The van der Waals surface area contributed by atoms with Crippen molar-refractivity contribution < 1.29 is 17.9 Å². The first-order valence-electron chi connectivity index (χ1n) is 11.2. The standard InChI is InChI=1S/C30H25F3O/c1-3-20-5-10-22(11-6-20)26-17-18-27(30(33)29(26)32)23-12-7-21(8-13-23)9-14-24-15-16-25(34-4-2)19-28(24)31/h3,5-8,10-13,15-19H,1,4,9,14H2,2H3. The van der Waals surface area contributed by atoms with Gasteiger partial charge in [-0.2, -0.15) is 0 Å². The normalized spacial score (nSPS) is 10.8. The maximum Gasteiger partial charge on any atom is 0.167 e. The van der Waals surface area contributed by atoms with Gasteiger partial charge in [0.25, 0.3) is 0 Å². The third-order valence-electron chi connectivity index (χ3n) is 5.82. The van der Waals surface area contributed by atoms with Crippen LogP contribution in [0.3, 0.4) is 0 Å². The smallest absolute Gasteiger partial charge is 0.167 e. The van der Waals surface area contributed by atoms with Gasteiger partial charge in [-0.15, -0.1) is 0 Å². The molecule has 172 valence electrons. The molecule has 4 aromatic rings. The van der Waals surface area contributed by atoms with E-state index in [1.54, 1.807) is 54.6 Å². The van der Waals surface area contributed by atoms with Crippen molar-refractivity contribution in [3.05, 3.63) is 120 Å². The number of aryl methyl sites for hydroxylation is 2. The number of halogens is 3. The number of hydrogen-bond acceptors (Lipinski definition) is 1. The molecule has 0 aliphatic rings. The summed E-state index contributed by atoms with van der Waals surface area (Å²) in [6.45, 7) is 6.04. The van der Waals surface area contributed by atoms with Gasteiger partial charge in [-0.1, -0.05) is 79.4 Å². The predicted molar refractivity (Wildman–Crippen MR) is 132 cm³/mol. The molecule has 0 aliphatic heterocycles. The summed E-state index contributed by atoms with van der Waals surface area (Å²) in [5.74, 6) is -1.53. The first-order chi connectivity index (χ1) is 16.5. The third kappa shape index (κ3) is 5.07. The van der Waals surface area contributed by atoms with E-state index in [-0.39, 0.29) is 16.9 Å². The lowest BCUT2D eigenvalue weighted by molar-refractivity contribution is 0.338. The Hall–Kier alpha value is -3.79. The summed E-state index contributed by atoms with van der Waals surface area (Å²) in [6, 6.07) is 22.5. The summed E-state index contributed by atoms with van der Waals surface area (Å²) in [5, 5.41) is 0. The van der Waals surface area contributed by atoms with Crippen molar-refractivity contribution in [1.29, 1.82) is 0 Å². The van der Waals surface area contributed by atoms with Crippen LogP contribution in [0.1, 0.15) is 23.6 Å². The molecule has 0 spiro atoms. The Balaban J connectivity index is 1.49. The molecule has 34 heavy (non-hydrogen) atoms. The van der Waals surface area contributed by atoms with Crippen LogP contribution in [-0.2, 0) is 12.8 Å². The van der Waals surface area contributed by atoms with Gasteiger partial charge in [0.2, 0.25) is 0 Å². The second-order valence-electron chi connectivity index (χ2n) is 8.00. The largest absolute Gasteiger partial charge is 0.494 e. The van der Waals surface area contributed by atoms with Gasteiger partial charge < -0.3 is 4.74 Å². The zero-order chi connectivity index (χ0) is 24.1. The minimum absolute atomic E-state index is 0.202. The van der Waals surface area contributed by atoms with Crippen LogP contribution in [0.4, 0.5) is 13.2 Å². The second kappa shape index (κ2) is 10.4. The van der Waals surface area contributed by atoms with Gasteiger partial charge in [0.05, 0.1) is 6.61 Å². The molecule has 0 fully saturated rings. The van der Waals surface area contributed by atoms with Crippen LogP contribution in [0.15, 0.2) is 85.4 Å². The summed E-state index contributed by atoms with van der Waals surface area (Å²) < 4.78 is 49.4. The van der Waals surface area contributed by atoms with Crippen LogP contribution in [0.25, 0.3) is 28.3 Å². The maximum atomic E-state index is 14.9. The van der Waals surface area contributed by atoms with Gasteiger partial charge in [0, 0.05) is 17.2 Å². The molecule has 0 bridgehead atoms. The lowest BCUT2D eigenvalue weighted by Gasteiger charge is -2.11. The monoisotopic (exact) mass is 458 g/mol. The van der Waals surface area contributed by atoms with Crippen molar-refractivity contribution >= 4 is 6.08 Å². The minimum atomic E-state index is -0.880. The molecule has 0 unspecified atom stereocenters. The number of hydrogen-bond donors (Lipinski definition) is 0. The molecule has 0 heterocycles. The van der Waals surface area contributed by atoms with Crippen LogP contribution < -0.4 is 4.74 Å². The SMILES string of the molecule is C=Cc1ccc(-c2ccc(-c3ccc(CCc4ccc(OCC)cc4F)cc3)c(F)c2F)cc1. The average Bonchev–Trinajstić information content (AvgIpc) is 2.86. The molecule has 0 saturated carbocycles. The lowest BCUT2D eigenvalue weighted by Crippen LogP contribution is -1.98. The molecule has 0 saturated heterocycles. The summed E-state index contributed by atoms with van der Waals surface area (Å²) in [7, 11) is 0. The summed E-state index contributed by atoms with van der Waals surface area (Å²) in [4.78, 5) is 0. The highest BCUT2D eigenvalue weighted by Gasteiger charge is 2.16. The molecule has 0 N–H and O–H groups in total. The number of ether oxygens (including phenoxy) is 1. The fraction of sp³-hybridized carbons (Fsp3) is 0.133. The van der Waals surface area contributed by atoms with Crippen molar-refractivity contribution in [2.45, 2.75) is 19.8 Å². The zero-order valence-corrected chi connectivity index (χ0v) is 19.0. The Bertz CT molecular complexity index is 1290. The van der Waals surface area contributed by atoms with E-state index in [4.69, 9.17) is 4.74 Å². The van der Waals surface area contributed by atoms with Crippen molar-refractivity contribution in [1.82, 2.24) is 0 Å². The van der Waals surface area contributed by atoms with Crippen molar-refractivity contribution in [2.75, 3.05) is 6.61 Å². The molecule has 0 radical (unpaired) electrons. The van der Waals surface area contributed by atoms with E-state index in [0.717, 1.165) is 11.1 Å². The molecule has 0 atom stereocenters. The summed E-state index contributed by atoms with van der Waals surface area (Å²) >= 11 is 0. The van der Waals surface area contributed by atoms with Crippen LogP contribution in [-0.4, -0.2) is 6.61 Å². The highest BCUT2D eigenvalue weighted by Crippen LogP contribution is 2.32. The molecular formula is C30H25F3O. The topological polar surface area (TPSA) is 9.23 Å². The van der Waals surface area contributed by atoms with Crippen molar-refractivity contribution in [2.24, 2.45) is 0 Å². The summed E-state index contributed by atoms with van der Waals surface area (Å²) in [6.07, 6.45) is 2.85. The van der Waals surface area contributed by atoms with E-state index < -0.39 is 11.6 Å². The second-order valence-corrected chi connectivity index (χ2v) is 8.00. The zero-order valence-electron chi connectivity index (χ0n) is 19.0. The molecule has 0 amide bonds. The average molecular weight is 459 g/mol. The molecule has 4 rings (SSSR count). The van der Waals surface area contributed by atoms with E-state index >= 15 is 0 Å². The first-order valence-corrected chi connectivity index (χ1v) is 11.2. The van der Waals surface area contributed by atoms with Gasteiger partial charge in [-0.05, 0) is 53.6 Å². The first kappa shape index (κ1) is 23.4. The van der Waals surface area contributed by atoms with Crippen LogP contribution in [0.5, 0.6) is 5.75 Å². The fourth-order valence-corrected chi connectivity index (χ4v) is 3.91. The van der Waals surface area contributed by atoms with E-state index in [0.29, 0.717) is 41.9 Å². The highest BCUT2D eigenvalue weighted by atomic mass is 19.2. The van der Waals surface area contributed by atoms with E-state index in [1.807, 2.05) is 31.2 Å². The Morgan fingerprint density at radius 3 is 1.85 bits per heavy atom.